The molecule has 0 amide bonds. The van der Waals surface area contributed by atoms with Gasteiger partial charge in [0.25, 0.3) is 6.43 Å². The quantitative estimate of drug-likeness (QED) is 0.696. The first-order chi connectivity index (χ1) is 6.77. The molecule has 82 valence electrons. The molecule has 0 aromatic heterocycles. The van der Waals surface area contributed by atoms with E-state index in [1.807, 2.05) is 4.90 Å². The maximum Gasteiger partial charge on any atom is 0.253 e. The van der Waals surface area contributed by atoms with E-state index in [0.717, 1.165) is 39.1 Å². The Kier molecular flexibility index (Phi) is 3.34. The molecule has 14 heavy (non-hydrogen) atoms. The fourth-order valence-corrected chi connectivity index (χ4v) is 2.42. The molecule has 2 atom stereocenters. The van der Waals surface area contributed by atoms with Gasteiger partial charge < -0.3 is 4.74 Å². The second-order valence-electron chi connectivity index (χ2n) is 4.27. The van der Waals surface area contributed by atoms with Crippen molar-refractivity contribution in [3.63, 3.8) is 0 Å². The van der Waals surface area contributed by atoms with Crippen molar-refractivity contribution in [2.75, 3.05) is 26.3 Å². The predicted molar refractivity (Wildman–Crippen MR) is 49.5 cm³/mol. The van der Waals surface area contributed by atoms with Crippen molar-refractivity contribution in [2.45, 2.75) is 31.7 Å². The summed E-state index contributed by atoms with van der Waals surface area (Å²) in [6, 6.07) is -0.490. The monoisotopic (exact) mass is 205 g/mol. The number of rotatable bonds is 3. The summed E-state index contributed by atoms with van der Waals surface area (Å²) in [4.78, 5) is 1.95. The number of hydrogen-bond donors (Lipinski definition) is 0. The number of likely N-dealkylation sites (tertiary alicyclic amines) is 1. The van der Waals surface area contributed by atoms with E-state index in [9.17, 15) is 8.78 Å². The summed E-state index contributed by atoms with van der Waals surface area (Å²) in [6.45, 7) is 3.20. The molecule has 2 heterocycles. The number of ether oxygens (including phenoxy) is 1. The van der Waals surface area contributed by atoms with E-state index in [1.165, 1.54) is 0 Å². The lowest BCUT2D eigenvalue weighted by Crippen LogP contribution is -2.38. The summed E-state index contributed by atoms with van der Waals surface area (Å²) >= 11 is 0. The van der Waals surface area contributed by atoms with Crippen LogP contribution in [0.15, 0.2) is 0 Å². The minimum absolute atomic E-state index is 0.481. The van der Waals surface area contributed by atoms with Crippen LogP contribution in [0.3, 0.4) is 0 Å². The lowest BCUT2D eigenvalue weighted by Gasteiger charge is -2.25. The molecule has 0 radical (unpaired) electrons. The van der Waals surface area contributed by atoms with Crippen molar-refractivity contribution in [3.05, 3.63) is 0 Å². The molecular formula is C10H17F2NO. The zero-order valence-electron chi connectivity index (χ0n) is 8.29. The van der Waals surface area contributed by atoms with Crippen molar-refractivity contribution in [1.29, 1.82) is 0 Å². The number of hydrogen-bond acceptors (Lipinski definition) is 2. The van der Waals surface area contributed by atoms with Gasteiger partial charge in [0.15, 0.2) is 0 Å². The van der Waals surface area contributed by atoms with Gasteiger partial charge in [0.2, 0.25) is 0 Å². The highest BCUT2D eigenvalue weighted by Crippen LogP contribution is 2.25. The Hall–Kier alpha value is -0.220. The highest BCUT2D eigenvalue weighted by molar-refractivity contribution is 4.83. The van der Waals surface area contributed by atoms with E-state index in [0.29, 0.717) is 12.3 Å². The molecule has 2 fully saturated rings. The lowest BCUT2D eigenvalue weighted by molar-refractivity contribution is 0.0393. The average molecular weight is 205 g/mol. The van der Waals surface area contributed by atoms with E-state index in [4.69, 9.17) is 4.74 Å². The molecule has 1 unspecified atom stereocenters. The van der Waals surface area contributed by atoms with Gasteiger partial charge in [-0.15, -0.1) is 0 Å². The molecule has 0 aliphatic carbocycles. The van der Waals surface area contributed by atoms with Gasteiger partial charge in [-0.25, -0.2) is 8.78 Å². The standard InChI is InChI=1S/C10H17F2NO/c11-10(12)9-2-1-4-13(9)6-8-3-5-14-7-8/h8-10H,1-7H2/t8?,9-/m1/s1. The third-order valence-electron chi connectivity index (χ3n) is 3.22. The van der Waals surface area contributed by atoms with Crippen molar-refractivity contribution < 1.29 is 13.5 Å². The van der Waals surface area contributed by atoms with Crippen LogP contribution in [0.1, 0.15) is 19.3 Å². The van der Waals surface area contributed by atoms with Crippen LogP contribution in [0.4, 0.5) is 8.78 Å². The maximum atomic E-state index is 12.6. The van der Waals surface area contributed by atoms with Crippen molar-refractivity contribution >= 4 is 0 Å². The smallest absolute Gasteiger partial charge is 0.253 e. The molecule has 0 aromatic rings. The van der Waals surface area contributed by atoms with Crippen molar-refractivity contribution in [1.82, 2.24) is 4.90 Å². The van der Waals surface area contributed by atoms with Crippen LogP contribution >= 0.6 is 0 Å². The van der Waals surface area contributed by atoms with Crippen LogP contribution < -0.4 is 0 Å². The lowest BCUT2D eigenvalue weighted by atomic mass is 10.1. The molecule has 0 saturated carbocycles. The van der Waals surface area contributed by atoms with Crippen LogP contribution in [-0.2, 0) is 4.74 Å². The molecule has 0 bridgehead atoms. The fourth-order valence-electron chi connectivity index (χ4n) is 2.42. The Morgan fingerprint density at radius 1 is 1.36 bits per heavy atom. The van der Waals surface area contributed by atoms with Crippen LogP contribution in [0.5, 0.6) is 0 Å². The zero-order chi connectivity index (χ0) is 9.97. The van der Waals surface area contributed by atoms with E-state index < -0.39 is 12.5 Å². The Bertz CT molecular complexity index is 183. The second kappa shape index (κ2) is 4.53. The minimum Gasteiger partial charge on any atom is -0.381 e. The Balaban J connectivity index is 1.83. The molecule has 2 aliphatic heterocycles. The largest absolute Gasteiger partial charge is 0.381 e. The molecule has 2 rings (SSSR count). The highest BCUT2D eigenvalue weighted by atomic mass is 19.3. The third kappa shape index (κ3) is 2.23. The van der Waals surface area contributed by atoms with E-state index in [2.05, 4.69) is 0 Å². The van der Waals surface area contributed by atoms with Crippen LogP contribution in [0.2, 0.25) is 0 Å². The second-order valence-corrected chi connectivity index (χ2v) is 4.27. The summed E-state index contributed by atoms with van der Waals surface area (Å²) in [6.07, 6.45) is 0.431. The molecule has 0 N–H and O–H groups in total. The normalized spacial score (nSPS) is 34.5. The Morgan fingerprint density at radius 2 is 2.21 bits per heavy atom. The summed E-state index contributed by atoms with van der Waals surface area (Å²) in [5.41, 5.74) is 0. The van der Waals surface area contributed by atoms with Gasteiger partial charge in [0, 0.05) is 13.2 Å². The maximum absolute atomic E-state index is 12.6. The fraction of sp³-hybridized carbons (Fsp3) is 1.00. The predicted octanol–water partition coefficient (Wildman–Crippen LogP) is 1.75. The topological polar surface area (TPSA) is 12.5 Å². The summed E-state index contributed by atoms with van der Waals surface area (Å²) in [7, 11) is 0. The molecule has 2 nitrogen and oxygen atoms in total. The SMILES string of the molecule is FC(F)[C@H]1CCCN1CC1CCOC1. The van der Waals surface area contributed by atoms with Gasteiger partial charge in [-0.2, -0.15) is 0 Å². The molecular weight excluding hydrogens is 188 g/mol. The van der Waals surface area contributed by atoms with Crippen molar-refractivity contribution in [3.8, 4) is 0 Å². The molecule has 4 heteroatoms. The van der Waals surface area contributed by atoms with E-state index in [1.54, 1.807) is 0 Å². The molecule has 0 aromatic carbocycles. The van der Waals surface area contributed by atoms with Gasteiger partial charge in [-0.3, -0.25) is 4.90 Å². The Morgan fingerprint density at radius 3 is 2.86 bits per heavy atom. The van der Waals surface area contributed by atoms with Gasteiger partial charge in [0.05, 0.1) is 12.6 Å². The van der Waals surface area contributed by atoms with Crippen LogP contribution in [-0.4, -0.2) is 43.7 Å². The van der Waals surface area contributed by atoms with Gasteiger partial charge in [0.1, 0.15) is 0 Å². The first kappa shape index (κ1) is 10.3. The number of halogens is 2. The molecule has 2 saturated heterocycles. The average Bonchev–Trinajstić information content (AvgIpc) is 2.75. The van der Waals surface area contributed by atoms with Crippen LogP contribution in [0.25, 0.3) is 0 Å². The zero-order valence-corrected chi connectivity index (χ0v) is 8.29. The van der Waals surface area contributed by atoms with Gasteiger partial charge >= 0.3 is 0 Å². The molecule has 0 spiro atoms. The summed E-state index contributed by atoms with van der Waals surface area (Å²) in [5.74, 6) is 0.481. The molecule has 2 aliphatic rings. The minimum atomic E-state index is -2.18. The van der Waals surface area contributed by atoms with Gasteiger partial charge in [-0.05, 0) is 31.7 Å². The summed E-state index contributed by atoms with van der Waals surface area (Å²) in [5, 5.41) is 0. The number of alkyl halides is 2. The highest BCUT2D eigenvalue weighted by Gasteiger charge is 2.33. The van der Waals surface area contributed by atoms with Gasteiger partial charge in [-0.1, -0.05) is 0 Å². The van der Waals surface area contributed by atoms with E-state index >= 15 is 0 Å². The first-order valence-corrected chi connectivity index (χ1v) is 5.37. The van der Waals surface area contributed by atoms with Crippen LogP contribution in [0, 0.1) is 5.92 Å². The third-order valence-corrected chi connectivity index (χ3v) is 3.22. The summed E-state index contributed by atoms with van der Waals surface area (Å²) < 4.78 is 30.4. The van der Waals surface area contributed by atoms with E-state index in [-0.39, 0.29) is 0 Å². The number of nitrogens with zero attached hydrogens (tertiary/aromatic N) is 1. The Labute approximate surface area is 83.2 Å². The first-order valence-electron chi connectivity index (χ1n) is 5.37. The van der Waals surface area contributed by atoms with Crippen molar-refractivity contribution in [2.24, 2.45) is 5.92 Å².